The molecule has 1 heterocycles. The maximum Gasteiger partial charge on any atom is 0.225 e. The predicted octanol–water partition coefficient (Wildman–Crippen LogP) is -0.138. The molecule has 0 saturated carbocycles. The van der Waals surface area contributed by atoms with Crippen molar-refractivity contribution in [3.05, 3.63) is 6.07 Å². The normalized spacial score (nSPS) is 9.86. The van der Waals surface area contributed by atoms with Crippen molar-refractivity contribution >= 4 is 11.8 Å². The van der Waals surface area contributed by atoms with E-state index < -0.39 is 0 Å². The molecule has 0 aliphatic rings. The highest BCUT2D eigenvalue weighted by Crippen LogP contribution is 2.13. The number of hydrogen-bond acceptors (Lipinski definition) is 6. The minimum Gasteiger partial charge on any atom is -0.475 e. The Morgan fingerprint density at radius 3 is 3.00 bits per heavy atom. The Morgan fingerprint density at radius 1 is 1.57 bits per heavy atom. The van der Waals surface area contributed by atoms with Crippen LogP contribution in [0.5, 0.6) is 5.88 Å². The van der Waals surface area contributed by atoms with E-state index in [0.29, 0.717) is 11.7 Å². The number of hydrogen-bond donors (Lipinski definition) is 3. The number of nitrogen functional groups attached to an aromatic ring is 1. The van der Waals surface area contributed by atoms with Gasteiger partial charge < -0.3 is 20.9 Å². The maximum absolute atomic E-state index is 8.55. The Labute approximate surface area is 82.1 Å². The van der Waals surface area contributed by atoms with Gasteiger partial charge in [-0.2, -0.15) is 9.97 Å². The van der Waals surface area contributed by atoms with Gasteiger partial charge in [-0.05, 0) is 6.92 Å². The molecule has 14 heavy (non-hydrogen) atoms. The molecule has 1 rings (SSSR count). The molecule has 0 bridgehead atoms. The second-order valence-corrected chi connectivity index (χ2v) is 2.55. The molecule has 0 aliphatic carbocycles. The molecule has 4 N–H and O–H groups in total. The Kier molecular flexibility index (Phi) is 3.93. The molecular weight excluding hydrogens is 184 g/mol. The van der Waals surface area contributed by atoms with Crippen LogP contribution < -0.4 is 15.8 Å². The molecule has 78 valence electrons. The number of nitrogens with one attached hydrogen (secondary N) is 1. The van der Waals surface area contributed by atoms with E-state index in [4.69, 9.17) is 15.6 Å². The van der Waals surface area contributed by atoms with Crippen LogP contribution in [0.25, 0.3) is 0 Å². The van der Waals surface area contributed by atoms with Gasteiger partial charge in [0, 0.05) is 12.6 Å². The molecule has 0 radical (unpaired) electrons. The largest absolute Gasteiger partial charge is 0.475 e. The summed E-state index contributed by atoms with van der Waals surface area (Å²) in [4.78, 5) is 7.79. The molecule has 0 fully saturated rings. The van der Waals surface area contributed by atoms with Crippen LogP contribution >= 0.6 is 0 Å². The number of nitrogens with zero attached hydrogens (tertiary/aromatic N) is 2. The number of rotatable bonds is 5. The lowest BCUT2D eigenvalue weighted by atomic mass is 10.5. The highest BCUT2D eigenvalue weighted by molar-refractivity contribution is 5.42. The van der Waals surface area contributed by atoms with Crippen molar-refractivity contribution in [1.29, 1.82) is 0 Å². The number of aliphatic hydroxyl groups is 1. The third kappa shape index (κ3) is 3.06. The highest BCUT2D eigenvalue weighted by atomic mass is 16.5. The van der Waals surface area contributed by atoms with E-state index in [9.17, 15) is 0 Å². The molecule has 1 aromatic rings. The fourth-order valence-electron chi connectivity index (χ4n) is 0.939. The van der Waals surface area contributed by atoms with Gasteiger partial charge in [-0.25, -0.2) is 0 Å². The van der Waals surface area contributed by atoms with Crippen LogP contribution in [0.4, 0.5) is 11.8 Å². The summed E-state index contributed by atoms with van der Waals surface area (Å²) >= 11 is 0. The molecule has 1 aromatic heterocycles. The lowest BCUT2D eigenvalue weighted by Gasteiger charge is -2.06. The zero-order valence-electron chi connectivity index (χ0n) is 8.03. The van der Waals surface area contributed by atoms with Crippen LogP contribution in [0.2, 0.25) is 0 Å². The SMILES string of the molecule is CCNc1cc(OCCO)nc(N)n1. The van der Waals surface area contributed by atoms with Gasteiger partial charge >= 0.3 is 0 Å². The Morgan fingerprint density at radius 2 is 2.36 bits per heavy atom. The molecule has 0 saturated heterocycles. The molecule has 0 aromatic carbocycles. The van der Waals surface area contributed by atoms with E-state index >= 15 is 0 Å². The van der Waals surface area contributed by atoms with Crippen LogP contribution in [0.15, 0.2) is 6.07 Å². The summed E-state index contributed by atoms with van der Waals surface area (Å²) < 4.78 is 5.10. The van der Waals surface area contributed by atoms with Crippen molar-refractivity contribution in [2.24, 2.45) is 0 Å². The lowest BCUT2D eigenvalue weighted by molar-refractivity contribution is 0.197. The number of anilines is 2. The zero-order chi connectivity index (χ0) is 10.4. The molecule has 6 nitrogen and oxygen atoms in total. The monoisotopic (exact) mass is 198 g/mol. The minimum atomic E-state index is -0.0551. The van der Waals surface area contributed by atoms with Gasteiger partial charge in [0.05, 0.1) is 6.61 Å². The number of nitrogens with two attached hydrogens (primary N) is 1. The molecular formula is C8H14N4O2. The van der Waals surface area contributed by atoms with Crippen molar-refractivity contribution in [2.75, 3.05) is 30.8 Å². The fourth-order valence-corrected chi connectivity index (χ4v) is 0.939. The van der Waals surface area contributed by atoms with Crippen molar-refractivity contribution in [2.45, 2.75) is 6.92 Å². The van der Waals surface area contributed by atoms with E-state index in [1.54, 1.807) is 6.07 Å². The summed E-state index contributed by atoms with van der Waals surface area (Å²) in [5.74, 6) is 1.13. The maximum atomic E-state index is 8.55. The fraction of sp³-hybridized carbons (Fsp3) is 0.500. The van der Waals surface area contributed by atoms with E-state index in [0.717, 1.165) is 6.54 Å². The molecule has 0 amide bonds. The van der Waals surface area contributed by atoms with Crippen LogP contribution in [0, 0.1) is 0 Å². The Bertz CT molecular complexity index is 293. The minimum absolute atomic E-state index is 0.0551. The van der Waals surface area contributed by atoms with Crippen LogP contribution in [-0.2, 0) is 0 Å². The first kappa shape index (κ1) is 10.5. The standard InChI is InChI=1S/C8H14N4O2/c1-2-10-6-5-7(14-4-3-13)12-8(9)11-6/h5,13H,2-4H2,1H3,(H3,9,10,11,12). The number of ether oxygens (including phenoxy) is 1. The van der Waals surface area contributed by atoms with Gasteiger partial charge in [0.1, 0.15) is 12.4 Å². The molecule has 0 spiro atoms. The third-order valence-electron chi connectivity index (χ3n) is 1.42. The lowest BCUT2D eigenvalue weighted by Crippen LogP contribution is -2.07. The zero-order valence-corrected chi connectivity index (χ0v) is 8.03. The van der Waals surface area contributed by atoms with E-state index in [1.807, 2.05) is 6.92 Å². The second-order valence-electron chi connectivity index (χ2n) is 2.55. The number of aromatic nitrogens is 2. The van der Waals surface area contributed by atoms with Crippen LogP contribution in [-0.4, -0.2) is 34.8 Å². The molecule has 6 heteroatoms. The van der Waals surface area contributed by atoms with E-state index in [2.05, 4.69) is 15.3 Å². The average molecular weight is 198 g/mol. The highest BCUT2D eigenvalue weighted by Gasteiger charge is 2.01. The topological polar surface area (TPSA) is 93.3 Å². The summed E-state index contributed by atoms with van der Waals surface area (Å²) in [6, 6.07) is 1.63. The summed E-state index contributed by atoms with van der Waals surface area (Å²) in [6.07, 6.45) is 0. The third-order valence-corrected chi connectivity index (χ3v) is 1.42. The van der Waals surface area contributed by atoms with Gasteiger partial charge in [-0.1, -0.05) is 0 Å². The van der Waals surface area contributed by atoms with Gasteiger partial charge in [0.2, 0.25) is 11.8 Å². The van der Waals surface area contributed by atoms with Gasteiger partial charge in [-0.15, -0.1) is 0 Å². The van der Waals surface area contributed by atoms with Crippen molar-refractivity contribution < 1.29 is 9.84 Å². The number of aliphatic hydroxyl groups excluding tert-OH is 1. The first-order valence-corrected chi connectivity index (χ1v) is 4.38. The van der Waals surface area contributed by atoms with Crippen LogP contribution in [0.1, 0.15) is 6.92 Å². The van der Waals surface area contributed by atoms with Crippen molar-refractivity contribution in [3.8, 4) is 5.88 Å². The smallest absolute Gasteiger partial charge is 0.225 e. The summed E-state index contributed by atoms with van der Waals surface area (Å²) in [5, 5.41) is 11.5. The van der Waals surface area contributed by atoms with Gasteiger partial charge in [0.25, 0.3) is 0 Å². The van der Waals surface area contributed by atoms with E-state index in [-0.39, 0.29) is 19.2 Å². The summed E-state index contributed by atoms with van der Waals surface area (Å²) in [6.45, 7) is 2.84. The van der Waals surface area contributed by atoms with Crippen molar-refractivity contribution in [1.82, 2.24) is 9.97 Å². The van der Waals surface area contributed by atoms with Crippen molar-refractivity contribution in [3.63, 3.8) is 0 Å². The average Bonchev–Trinajstić information content (AvgIpc) is 2.14. The van der Waals surface area contributed by atoms with Gasteiger partial charge in [0.15, 0.2) is 0 Å². The second kappa shape index (κ2) is 5.23. The summed E-state index contributed by atoms with van der Waals surface area (Å²) in [5.41, 5.74) is 5.46. The van der Waals surface area contributed by atoms with Gasteiger partial charge in [-0.3, -0.25) is 0 Å². The van der Waals surface area contributed by atoms with Crippen LogP contribution in [0.3, 0.4) is 0 Å². The Hall–Kier alpha value is -1.56. The molecule has 0 unspecified atom stereocenters. The first-order valence-electron chi connectivity index (χ1n) is 4.38. The summed E-state index contributed by atoms with van der Waals surface area (Å²) in [7, 11) is 0. The first-order chi connectivity index (χ1) is 6.76. The molecule has 0 aliphatic heterocycles. The molecule has 0 atom stereocenters. The predicted molar refractivity (Wildman–Crippen MR) is 53.2 cm³/mol. The Balaban J connectivity index is 2.73. The quantitative estimate of drug-likeness (QED) is 0.609. The van der Waals surface area contributed by atoms with E-state index in [1.165, 1.54) is 0 Å².